The van der Waals surface area contributed by atoms with Crippen LogP contribution in [0.5, 0.6) is 0 Å². The molecule has 3 aromatic rings. The number of pyridine rings is 1. The molecule has 0 aliphatic carbocycles. The lowest BCUT2D eigenvalue weighted by molar-refractivity contribution is 0.0623. The van der Waals surface area contributed by atoms with Gasteiger partial charge in [-0.1, -0.05) is 18.2 Å². The van der Waals surface area contributed by atoms with Crippen LogP contribution in [0, 0.1) is 0 Å². The minimum atomic E-state index is -3.52. The van der Waals surface area contributed by atoms with Gasteiger partial charge < -0.3 is 9.30 Å². The Bertz CT molecular complexity index is 1130. The first kappa shape index (κ1) is 20.6. The molecule has 3 heterocycles. The van der Waals surface area contributed by atoms with E-state index < -0.39 is 15.1 Å². The van der Waals surface area contributed by atoms with Gasteiger partial charge in [-0.25, -0.2) is 13.4 Å². The van der Waals surface area contributed by atoms with Crippen molar-refractivity contribution < 1.29 is 13.2 Å². The van der Waals surface area contributed by atoms with Crippen molar-refractivity contribution in [1.82, 2.24) is 19.2 Å². The summed E-state index contributed by atoms with van der Waals surface area (Å²) in [7, 11) is -3.52. The Morgan fingerprint density at radius 2 is 1.73 bits per heavy atom. The SMILES string of the molecule is CC(C)S(=O)(=O)c1ccccc1C(=O)N1CCN(Cc2cn3ccccc3n2)CC1. The number of fused-ring (bicyclic) bond motifs is 1. The molecule has 1 aromatic carbocycles. The molecule has 0 spiro atoms. The van der Waals surface area contributed by atoms with Crippen molar-refractivity contribution in [1.29, 1.82) is 0 Å². The van der Waals surface area contributed by atoms with Crippen LogP contribution in [0.2, 0.25) is 0 Å². The van der Waals surface area contributed by atoms with Gasteiger partial charge in [0, 0.05) is 45.1 Å². The lowest BCUT2D eigenvalue weighted by Crippen LogP contribution is -2.48. The maximum atomic E-state index is 13.1. The van der Waals surface area contributed by atoms with Crippen LogP contribution in [-0.4, -0.2) is 64.9 Å². The van der Waals surface area contributed by atoms with Crippen LogP contribution in [0.3, 0.4) is 0 Å². The molecule has 1 amide bonds. The quantitative estimate of drug-likeness (QED) is 0.627. The molecule has 158 valence electrons. The lowest BCUT2D eigenvalue weighted by atomic mass is 10.1. The second-order valence-corrected chi connectivity index (χ2v) is 10.3. The molecule has 0 N–H and O–H groups in total. The molecule has 0 saturated carbocycles. The molecule has 4 rings (SSSR count). The van der Waals surface area contributed by atoms with Crippen LogP contribution in [0.25, 0.3) is 5.65 Å². The summed E-state index contributed by atoms with van der Waals surface area (Å²) in [4.78, 5) is 21.9. The van der Waals surface area contributed by atoms with E-state index in [1.165, 1.54) is 6.07 Å². The van der Waals surface area contributed by atoms with Crippen LogP contribution in [0.1, 0.15) is 29.9 Å². The highest BCUT2D eigenvalue weighted by Crippen LogP contribution is 2.22. The van der Waals surface area contributed by atoms with Crippen LogP contribution >= 0.6 is 0 Å². The summed E-state index contributed by atoms with van der Waals surface area (Å²) < 4.78 is 27.4. The van der Waals surface area contributed by atoms with Gasteiger partial charge in [0.15, 0.2) is 9.84 Å². The molecular weight excluding hydrogens is 400 g/mol. The normalized spacial score (nSPS) is 15.8. The average Bonchev–Trinajstić information content (AvgIpc) is 3.16. The number of sulfone groups is 1. The largest absolute Gasteiger partial charge is 0.336 e. The Morgan fingerprint density at radius 3 is 2.43 bits per heavy atom. The van der Waals surface area contributed by atoms with E-state index in [9.17, 15) is 13.2 Å². The number of imidazole rings is 1. The number of amides is 1. The second-order valence-electron chi connectivity index (χ2n) is 7.86. The highest BCUT2D eigenvalue weighted by atomic mass is 32.2. The molecule has 0 unspecified atom stereocenters. The number of carbonyl (C=O) groups excluding carboxylic acids is 1. The Kier molecular flexibility index (Phi) is 5.62. The Balaban J connectivity index is 1.44. The first-order valence-electron chi connectivity index (χ1n) is 10.1. The van der Waals surface area contributed by atoms with E-state index in [-0.39, 0.29) is 16.4 Å². The summed E-state index contributed by atoms with van der Waals surface area (Å²) >= 11 is 0. The predicted molar refractivity (Wildman–Crippen MR) is 115 cm³/mol. The highest BCUT2D eigenvalue weighted by Gasteiger charge is 2.29. The fraction of sp³-hybridized carbons (Fsp3) is 0.364. The van der Waals surface area contributed by atoms with Crippen LogP contribution in [-0.2, 0) is 16.4 Å². The molecule has 0 bridgehead atoms. The summed E-state index contributed by atoms with van der Waals surface area (Å²) in [5.41, 5.74) is 2.18. The molecule has 1 fully saturated rings. The van der Waals surface area contributed by atoms with E-state index >= 15 is 0 Å². The minimum Gasteiger partial charge on any atom is -0.336 e. The number of hydrogen-bond donors (Lipinski definition) is 0. The van der Waals surface area contributed by atoms with Crippen molar-refractivity contribution in [2.75, 3.05) is 26.2 Å². The smallest absolute Gasteiger partial charge is 0.255 e. The molecule has 1 aliphatic heterocycles. The standard InChI is InChI=1S/C22H26N4O3S/c1-17(2)30(28,29)20-8-4-3-7-19(20)22(27)25-13-11-24(12-14-25)15-18-16-26-10-6-5-9-21(26)23-18/h3-10,16-17H,11-15H2,1-2H3. The monoisotopic (exact) mass is 426 g/mol. The number of benzene rings is 1. The molecule has 8 heteroatoms. The molecule has 1 saturated heterocycles. The second kappa shape index (κ2) is 8.20. The van der Waals surface area contributed by atoms with Gasteiger partial charge in [-0.15, -0.1) is 0 Å². The van der Waals surface area contributed by atoms with Crippen molar-refractivity contribution in [3.63, 3.8) is 0 Å². The summed E-state index contributed by atoms with van der Waals surface area (Å²) in [6.45, 7) is 6.55. The number of hydrogen-bond acceptors (Lipinski definition) is 5. The maximum absolute atomic E-state index is 13.1. The third kappa shape index (κ3) is 3.97. The first-order valence-corrected chi connectivity index (χ1v) is 11.7. The van der Waals surface area contributed by atoms with Gasteiger partial charge in [0.2, 0.25) is 0 Å². The van der Waals surface area contributed by atoms with E-state index in [1.807, 2.05) is 35.0 Å². The molecule has 30 heavy (non-hydrogen) atoms. The van der Waals surface area contributed by atoms with Crippen molar-refractivity contribution in [2.24, 2.45) is 0 Å². The zero-order chi connectivity index (χ0) is 21.3. The summed E-state index contributed by atoms with van der Waals surface area (Å²) in [6, 6.07) is 12.4. The maximum Gasteiger partial charge on any atom is 0.255 e. The van der Waals surface area contributed by atoms with Crippen LogP contribution in [0.15, 0.2) is 59.8 Å². The van der Waals surface area contributed by atoms with Gasteiger partial charge in [0.25, 0.3) is 5.91 Å². The zero-order valence-corrected chi connectivity index (χ0v) is 18.0. The van der Waals surface area contributed by atoms with E-state index in [0.717, 1.165) is 31.0 Å². The van der Waals surface area contributed by atoms with E-state index in [0.29, 0.717) is 13.1 Å². The van der Waals surface area contributed by atoms with Crippen molar-refractivity contribution >= 4 is 21.4 Å². The topological polar surface area (TPSA) is 75.0 Å². The Morgan fingerprint density at radius 1 is 1.03 bits per heavy atom. The number of rotatable bonds is 5. The highest BCUT2D eigenvalue weighted by molar-refractivity contribution is 7.92. The first-order chi connectivity index (χ1) is 14.4. The van der Waals surface area contributed by atoms with Gasteiger partial charge in [-0.05, 0) is 38.1 Å². The van der Waals surface area contributed by atoms with Gasteiger partial charge in [0.05, 0.1) is 21.4 Å². The third-order valence-electron chi connectivity index (χ3n) is 5.50. The number of carbonyl (C=O) groups is 1. The Hall–Kier alpha value is -2.71. The molecule has 2 aromatic heterocycles. The average molecular weight is 427 g/mol. The van der Waals surface area contributed by atoms with Crippen molar-refractivity contribution in [2.45, 2.75) is 30.5 Å². The third-order valence-corrected chi connectivity index (χ3v) is 7.71. The number of nitrogens with zero attached hydrogens (tertiary/aromatic N) is 4. The number of aromatic nitrogens is 2. The van der Waals surface area contributed by atoms with E-state index in [1.54, 1.807) is 36.9 Å². The fourth-order valence-corrected chi connectivity index (χ4v) is 4.96. The number of piperazine rings is 1. The van der Waals surface area contributed by atoms with Crippen LogP contribution < -0.4 is 0 Å². The van der Waals surface area contributed by atoms with Gasteiger partial charge in [-0.3, -0.25) is 9.69 Å². The summed E-state index contributed by atoms with van der Waals surface area (Å²) in [6.07, 6.45) is 4.00. The summed E-state index contributed by atoms with van der Waals surface area (Å²) in [5, 5.41) is -0.575. The van der Waals surface area contributed by atoms with Gasteiger partial charge >= 0.3 is 0 Å². The van der Waals surface area contributed by atoms with Crippen LogP contribution in [0.4, 0.5) is 0 Å². The van der Waals surface area contributed by atoms with E-state index in [2.05, 4.69) is 9.88 Å². The van der Waals surface area contributed by atoms with Gasteiger partial charge in [-0.2, -0.15) is 0 Å². The van der Waals surface area contributed by atoms with E-state index in [4.69, 9.17) is 0 Å². The zero-order valence-electron chi connectivity index (χ0n) is 17.2. The molecule has 7 nitrogen and oxygen atoms in total. The summed E-state index contributed by atoms with van der Waals surface area (Å²) in [5.74, 6) is -0.220. The van der Waals surface area contributed by atoms with Crippen molar-refractivity contribution in [3.05, 3.63) is 66.1 Å². The molecule has 1 aliphatic rings. The molecule has 0 atom stereocenters. The molecule has 0 radical (unpaired) electrons. The van der Waals surface area contributed by atoms with Gasteiger partial charge in [0.1, 0.15) is 5.65 Å². The lowest BCUT2D eigenvalue weighted by Gasteiger charge is -2.34. The van der Waals surface area contributed by atoms with Crippen molar-refractivity contribution in [3.8, 4) is 0 Å². The molecular formula is C22H26N4O3S. The predicted octanol–water partition coefficient (Wildman–Crippen LogP) is 2.47. The Labute approximate surface area is 176 Å². The fourth-order valence-electron chi connectivity index (χ4n) is 3.72. The minimum absolute atomic E-state index is 0.122.